The van der Waals surface area contributed by atoms with E-state index in [2.05, 4.69) is 11.3 Å². The molecule has 3 nitrogen and oxygen atoms in total. The molecule has 60 valence electrons. The molecule has 2 rings (SSSR count). The first-order valence-electron chi connectivity index (χ1n) is 3.45. The van der Waals surface area contributed by atoms with Gasteiger partial charge in [0.1, 0.15) is 11.5 Å². The molecule has 0 aromatic heterocycles. The van der Waals surface area contributed by atoms with Crippen LogP contribution >= 0.6 is 0 Å². The second-order valence-corrected chi connectivity index (χ2v) is 2.37. The van der Waals surface area contributed by atoms with E-state index in [0.717, 1.165) is 5.56 Å². The molecule has 12 heavy (non-hydrogen) atoms. The Morgan fingerprint density at radius 3 is 2.75 bits per heavy atom. The van der Waals surface area contributed by atoms with Crippen molar-refractivity contribution in [1.82, 2.24) is 0 Å². The first kappa shape index (κ1) is 6.91. The number of cyclic esters (lactones) is 1. The molecule has 3 heteroatoms. The Morgan fingerprint density at radius 1 is 1.17 bits per heavy atom. The van der Waals surface area contributed by atoms with Gasteiger partial charge >= 0.3 is 6.16 Å². The Bertz CT molecular complexity index is 355. The minimum Gasteiger partial charge on any atom is -0.395 e. The molecular weight excluding hydrogens is 156 g/mol. The number of para-hydroxylation sites is 1. The number of carbonyl (C=O) groups is 1. The fourth-order valence-corrected chi connectivity index (χ4v) is 1.05. The molecule has 0 atom stereocenters. The molecule has 0 bridgehead atoms. The van der Waals surface area contributed by atoms with Gasteiger partial charge in [0.25, 0.3) is 0 Å². The molecule has 0 spiro atoms. The molecule has 0 saturated carbocycles. The average molecular weight is 162 g/mol. The van der Waals surface area contributed by atoms with Crippen LogP contribution in [-0.2, 0) is 4.74 Å². The van der Waals surface area contributed by atoms with E-state index in [1.807, 2.05) is 6.07 Å². The Balaban J connectivity index is 2.54. The van der Waals surface area contributed by atoms with Gasteiger partial charge in [-0.25, -0.2) is 4.79 Å². The van der Waals surface area contributed by atoms with Gasteiger partial charge in [0.15, 0.2) is 0 Å². The molecule has 0 fully saturated rings. The first-order chi connectivity index (χ1) is 5.77. The number of carbonyl (C=O) groups excluding carboxylic acids is 1. The van der Waals surface area contributed by atoms with E-state index in [9.17, 15) is 4.79 Å². The van der Waals surface area contributed by atoms with Gasteiger partial charge in [0, 0.05) is 0 Å². The van der Waals surface area contributed by atoms with E-state index in [4.69, 9.17) is 4.74 Å². The summed E-state index contributed by atoms with van der Waals surface area (Å²) >= 11 is 0. The molecule has 0 unspecified atom stereocenters. The maximum absolute atomic E-state index is 10.7. The van der Waals surface area contributed by atoms with Crippen molar-refractivity contribution < 1.29 is 14.3 Å². The monoisotopic (exact) mass is 162 g/mol. The maximum Gasteiger partial charge on any atom is 0.519 e. The fourth-order valence-electron chi connectivity index (χ4n) is 1.05. The van der Waals surface area contributed by atoms with Crippen molar-refractivity contribution in [3.63, 3.8) is 0 Å². The highest BCUT2D eigenvalue weighted by Gasteiger charge is 2.20. The standard InChI is InChI=1S/C9H6O3/c1-6-7-4-2-3-5-8(7)12-9(10)11-6/h2-5H,1H2. The van der Waals surface area contributed by atoms with Gasteiger partial charge in [-0.2, -0.15) is 0 Å². The zero-order valence-electron chi connectivity index (χ0n) is 6.24. The van der Waals surface area contributed by atoms with Crippen LogP contribution in [0.4, 0.5) is 4.79 Å². The number of rotatable bonds is 0. The summed E-state index contributed by atoms with van der Waals surface area (Å²) < 4.78 is 9.44. The van der Waals surface area contributed by atoms with Gasteiger partial charge in [-0.3, -0.25) is 0 Å². The van der Waals surface area contributed by atoms with Crippen molar-refractivity contribution in [2.75, 3.05) is 0 Å². The summed E-state index contributed by atoms with van der Waals surface area (Å²) in [5, 5.41) is 0. The number of ether oxygens (including phenoxy) is 2. The number of benzene rings is 1. The maximum atomic E-state index is 10.7. The third kappa shape index (κ3) is 0.955. The van der Waals surface area contributed by atoms with Crippen LogP contribution in [0.2, 0.25) is 0 Å². The van der Waals surface area contributed by atoms with Crippen LogP contribution in [0.15, 0.2) is 30.8 Å². The summed E-state index contributed by atoms with van der Waals surface area (Å²) in [6.45, 7) is 3.58. The van der Waals surface area contributed by atoms with Gasteiger partial charge in [0.05, 0.1) is 5.56 Å². The molecule has 1 heterocycles. The lowest BCUT2D eigenvalue weighted by Gasteiger charge is -2.16. The number of hydrogen-bond donors (Lipinski definition) is 0. The second-order valence-electron chi connectivity index (χ2n) is 2.37. The summed E-state index contributed by atoms with van der Waals surface area (Å²) in [4.78, 5) is 10.7. The van der Waals surface area contributed by atoms with Crippen LogP contribution in [0.1, 0.15) is 5.56 Å². The summed E-state index contributed by atoms with van der Waals surface area (Å²) in [7, 11) is 0. The predicted octanol–water partition coefficient (Wildman–Crippen LogP) is 2.19. The Labute approximate surface area is 69.2 Å². The van der Waals surface area contributed by atoms with Gasteiger partial charge in [-0.05, 0) is 12.1 Å². The molecule has 0 aliphatic carbocycles. The van der Waals surface area contributed by atoms with Crippen LogP contribution in [-0.4, -0.2) is 6.16 Å². The highest BCUT2D eigenvalue weighted by atomic mass is 16.7. The minimum atomic E-state index is -0.723. The van der Waals surface area contributed by atoms with Crippen LogP contribution in [0, 0.1) is 0 Å². The van der Waals surface area contributed by atoms with Crippen molar-refractivity contribution in [1.29, 1.82) is 0 Å². The summed E-state index contributed by atoms with van der Waals surface area (Å²) in [6.07, 6.45) is -0.723. The average Bonchev–Trinajstić information content (AvgIpc) is 2.04. The van der Waals surface area contributed by atoms with E-state index in [1.165, 1.54) is 0 Å². The van der Waals surface area contributed by atoms with Gasteiger partial charge in [0.2, 0.25) is 0 Å². The van der Waals surface area contributed by atoms with E-state index >= 15 is 0 Å². The highest BCUT2D eigenvalue weighted by Crippen LogP contribution is 2.29. The van der Waals surface area contributed by atoms with Gasteiger partial charge in [-0.1, -0.05) is 18.7 Å². The minimum absolute atomic E-state index is 0.335. The molecule has 1 aromatic rings. The summed E-state index contributed by atoms with van der Waals surface area (Å²) in [5.41, 5.74) is 0.720. The zero-order valence-corrected chi connectivity index (χ0v) is 6.24. The molecule has 0 amide bonds. The smallest absolute Gasteiger partial charge is 0.395 e. The van der Waals surface area contributed by atoms with E-state index in [-0.39, 0.29) is 0 Å². The normalized spacial score (nSPS) is 14.7. The SMILES string of the molecule is C=C1OC(=O)Oc2ccccc21. The van der Waals surface area contributed by atoms with Gasteiger partial charge in [-0.15, -0.1) is 0 Å². The van der Waals surface area contributed by atoms with E-state index in [0.29, 0.717) is 11.5 Å². The first-order valence-corrected chi connectivity index (χ1v) is 3.45. The van der Waals surface area contributed by atoms with Crippen molar-refractivity contribution in [2.24, 2.45) is 0 Å². The van der Waals surface area contributed by atoms with Crippen molar-refractivity contribution >= 4 is 11.9 Å². The lowest BCUT2D eigenvalue weighted by molar-refractivity contribution is 0.136. The topological polar surface area (TPSA) is 35.5 Å². The summed E-state index contributed by atoms with van der Waals surface area (Å²) in [5.74, 6) is 0.834. The number of fused-ring (bicyclic) bond motifs is 1. The predicted molar refractivity (Wildman–Crippen MR) is 42.6 cm³/mol. The molecule has 0 radical (unpaired) electrons. The molecule has 0 N–H and O–H groups in total. The van der Waals surface area contributed by atoms with Gasteiger partial charge < -0.3 is 9.47 Å². The van der Waals surface area contributed by atoms with Crippen molar-refractivity contribution in [3.05, 3.63) is 36.4 Å². The van der Waals surface area contributed by atoms with Crippen LogP contribution in [0.5, 0.6) is 5.75 Å². The fraction of sp³-hybridized carbons (Fsp3) is 0. The quantitative estimate of drug-likeness (QED) is 0.433. The Hall–Kier alpha value is -1.77. The third-order valence-corrected chi connectivity index (χ3v) is 1.59. The second kappa shape index (κ2) is 2.37. The number of hydrogen-bond acceptors (Lipinski definition) is 3. The van der Waals surface area contributed by atoms with Crippen molar-refractivity contribution in [3.8, 4) is 5.75 Å². The third-order valence-electron chi connectivity index (χ3n) is 1.59. The molecule has 1 aliphatic rings. The lowest BCUT2D eigenvalue weighted by Crippen LogP contribution is -2.15. The Kier molecular flexibility index (Phi) is 1.37. The van der Waals surface area contributed by atoms with E-state index < -0.39 is 6.16 Å². The lowest BCUT2D eigenvalue weighted by atomic mass is 10.1. The highest BCUT2D eigenvalue weighted by molar-refractivity contribution is 5.80. The van der Waals surface area contributed by atoms with Crippen LogP contribution in [0.25, 0.3) is 5.76 Å². The van der Waals surface area contributed by atoms with Crippen LogP contribution < -0.4 is 4.74 Å². The van der Waals surface area contributed by atoms with Crippen LogP contribution in [0.3, 0.4) is 0 Å². The molecule has 1 aliphatic heterocycles. The molecular formula is C9H6O3. The van der Waals surface area contributed by atoms with E-state index in [1.54, 1.807) is 18.2 Å². The summed E-state index contributed by atoms with van der Waals surface area (Å²) in [6, 6.07) is 7.09. The Morgan fingerprint density at radius 2 is 1.92 bits per heavy atom. The largest absolute Gasteiger partial charge is 0.519 e. The zero-order chi connectivity index (χ0) is 8.55. The van der Waals surface area contributed by atoms with Crippen molar-refractivity contribution in [2.45, 2.75) is 0 Å². The molecule has 1 aromatic carbocycles. The molecule has 0 saturated heterocycles.